The van der Waals surface area contributed by atoms with Crippen molar-refractivity contribution in [2.24, 2.45) is 0 Å². The zero-order valence-electron chi connectivity index (χ0n) is 17.9. The van der Waals surface area contributed by atoms with E-state index in [1.807, 2.05) is 6.20 Å². The highest BCUT2D eigenvalue weighted by Gasteiger charge is 2.21. The van der Waals surface area contributed by atoms with Gasteiger partial charge in [-0.3, -0.25) is 0 Å². The molecule has 5 heterocycles. The summed E-state index contributed by atoms with van der Waals surface area (Å²) in [6, 6.07) is 8.60. The van der Waals surface area contributed by atoms with Gasteiger partial charge in [-0.25, -0.2) is 9.97 Å². The second-order valence-corrected chi connectivity index (χ2v) is 9.13. The van der Waals surface area contributed by atoms with Gasteiger partial charge in [0.15, 0.2) is 0 Å². The molecule has 0 bridgehead atoms. The Balaban J connectivity index is 0.00000231. The lowest BCUT2D eigenvalue weighted by atomic mass is 10.1. The molecule has 0 unspecified atom stereocenters. The first-order chi connectivity index (χ1) is 14.7. The molecule has 2 fully saturated rings. The Bertz CT molecular complexity index is 995. The van der Waals surface area contributed by atoms with Crippen LogP contribution in [0.15, 0.2) is 35.8 Å². The number of aromatic nitrogens is 2. The number of aliphatic hydroxyl groups excluding tert-OH is 1. The van der Waals surface area contributed by atoms with Crippen LogP contribution in [-0.2, 0) is 0 Å². The predicted molar refractivity (Wildman–Crippen MR) is 132 cm³/mol. The fraction of sp³-hybridized carbons (Fsp3) is 0.478. The third-order valence-electron chi connectivity index (χ3n) is 6.37. The monoisotopic (exact) mass is 459 g/mol. The molecule has 0 spiro atoms. The van der Waals surface area contributed by atoms with E-state index in [9.17, 15) is 5.11 Å². The summed E-state index contributed by atoms with van der Waals surface area (Å²) < 4.78 is 1.28. The summed E-state index contributed by atoms with van der Waals surface area (Å²) in [6.45, 7) is 9.30. The number of pyridine rings is 2. The predicted octanol–water partition coefficient (Wildman–Crippen LogP) is 3.88. The number of piperazine rings is 1. The normalized spacial score (nSPS) is 18.4. The molecule has 2 aliphatic rings. The number of fused-ring (bicyclic) bond motifs is 1. The molecule has 1 N–H and O–H groups in total. The van der Waals surface area contributed by atoms with Gasteiger partial charge < -0.3 is 19.8 Å². The van der Waals surface area contributed by atoms with Gasteiger partial charge in [-0.15, -0.1) is 23.7 Å². The van der Waals surface area contributed by atoms with E-state index in [4.69, 9.17) is 9.97 Å². The Morgan fingerprint density at radius 2 is 1.81 bits per heavy atom. The van der Waals surface area contributed by atoms with Crippen LogP contribution >= 0.6 is 23.7 Å². The zero-order chi connectivity index (χ0) is 20.5. The minimum atomic E-state index is -0.167. The minimum absolute atomic E-state index is 0. The molecular formula is C23H30ClN5OS. The summed E-state index contributed by atoms with van der Waals surface area (Å²) >= 11 is 1.78. The van der Waals surface area contributed by atoms with Crippen LogP contribution in [0.2, 0.25) is 0 Å². The lowest BCUT2D eigenvalue weighted by Crippen LogP contribution is -2.46. The van der Waals surface area contributed by atoms with Gasteiger partial charge in [0.2, 0.25) is 0 Å². The van der Waals surface area contributed by atoms with Gasteiger partial charge in [0.25, 0.3) is 0 Å². The lowest BCUT2D eigenvalue weighted by molar-refractivity contribution is 0.145. The Hall–Kier alpha value is -1.93. The maximum Gasteiger partial charge on any atom is 0.147 e. The summed E-state index contributed by atoms with van der Waals surface area (Å²) in [6.07, 6.45) is 3.41. The summed E-state index contributed by atoms with van der Waals surface area (Å²) in [5.74, 6) is 2.10. The Morgan fingerprint density at radius 1 is 1.03 bits per heavy atom. The average Bonchev–Trinajstić information content (AvgIpc) is 3.28. The lowest BCUT2D eigenvalue weighted by Gasteiger charge is -2.35. The molecule has 0 aliphatic carbocycles. The second kappa shape index (κ2) is 9.69. The molecule has 2 saturated heterocycles. The van der Waals surface area contributed by atoms with Gasteiger partial charge in [-0.05, 0) is 54.4 Å². The van der Waals surface area contributed by atoms with Crippen LogP contribution in [0.5, 0.6) is 0 Å². The van der Waals surface area contributed by atoms with Crippen LogP contribution in [-0.4, -0.2) is 71.9 Å². The standard InChI is InChI=1S/C23H29N5OS.ClH/c1-2-26-10-12-28(13-11-26)23-22-17(7-14-30-22)15-20(25-23)18-3-4-21(24-16-18)27-8-5-19(29)6-9-27;/h3-4,7,14-16,19,29H,2,5-6,8-13H2,1H3;1H. The van der Waals surface area contributed by atoms with Gasteiger partial charge >= 0.3 is 0 Å². The van der Waals surface area contributed by atoms with Crippen molar-refractivity contribution >= 4 is 45.5 Å². The summed E-state index contributed by atoms with van der Waals surface area (Å²) in [5, 5.41) is 13.2. The number of aliphatic hydroxyl groups is 1. The number of thiophene rings is 1. The van der Waals surface area contributed by atoms with E-state index in [1.165, 1.54) is 10.1 Å². The summed E-state index contributed by atoms with van der Waals surface area (Å²) in [4.78, 5) is 17.0. The van der Waals surface area contributed by atoms with Gasteiger partial charge in [0, 0.05) is 51.0 Å². The van der Waals surface area contributed by atoms with Crippen molar-refractivity contribution in [3.05, 3.63) is 35.8 Å². The van der Waals surface area contributed by atoms with Crippen molar-refractivity contribution in [3.8, 4) is 11.3 Å². The molecule has 3 aromatic heterocycles. The minimum Gasteiger partial charge on any atom is -0.393 e. The molecule has 5 rings (SSSR count). The van der Waals surface area contributed by atoms with Crippen molar-refractivity contribution in [2.45, 2.75) is 25.9 Å². The molecule has 31 heavy (non-hydrogen) atoms. The van der Waals surface area contributed by atoms with Gasteiger partial charge in [0.1, 0.15) is 11.6 Å². The van der Waals surface area contributed by atoms with Crippen LogP contribution in [0.3, 0.4) is 0 Å². The Labute approximate surface area is 193 Å². The van der Waals surface area contributed by atoms with Crippen LogP contribution in [0.25, 0.3) is 21.3 Å². The average molecular weight is 460 g/mol. The highest BCUT2D eigenvalue weighted by Crippen LogP contribution is 2.34. The smallest absolute Gasteiger partial charge is 0.147 e. The van der Waals surface area contributed by atoms with Crippen molar-refractivity contribution in [1.82, 2.24) is 14.9 Å². The number of anilines is 2. The molecule has 6 nitrogen and oxygen atoms in total. The molecule has 2 aliphatic heterocycles. The Kier molecular flexibility index (Phi) is 6.96. The van der Waals surface area contributed by atoms with E-state index in [2.05, 4.69) is 51.3 Å². The van der Waals surface area contributed by atoms with Crippen molar-refractivity contribution in [2.75, 3.05) is 55.6 Å². The molecule has 0 saturated carbocycles. The molecule has 0 amide bonds. The maximum absolute atomic E-state index is 9.74. The van der Waals surface area contributed by atoms with Gasteiger partial charge in [-0.1, -0.05) is 6.92 Å². The van der Waals surface area contributed by atoms with E-state index in [1.54, 1.807) is 11.3 Å². The third-order valence-corrected chi connectivity index (χ3v) is 7.29. The van der Waals surface area contributed by atoms with E-state index in [-0.39, 0.29) is 18.5 Å². The number of hydrogen-bond acceptors (Lipinski definition) is 7. The second-order valence-electron chi connectivity index (χ2n) is 8.21. The first kappa shape index (κ1) is 22.3. The van der Waals surface area contributed by atoms with Gasteiger partial charge in [-0.2, -0.15) is 0 Å². The molecule has 0 aromatic carbocycles. The number of halogens is 1. The quantitative estimate of drug-likeness (QED) is 0.639. The number of hydrogen-bond donors (Lipinski definition) is 1. The SMILES string of the molecule is CCN1CCN(c2nc(-c3ccc(N4CCC(O)CC4)nc3)cc3ccsc23)CC1.Cl. The third kappa shape index (κ3) is 4.65. The first-order valence-corrected chi connectivity index (χ1v) is 11.8. The molecule has 3 aromatic rings. The number of likely N-dealkylation sites (N-methyl/N-ethyl adjacent to an activating group) is 1. The zero-order valence-corrected chi connectivity index (χ0v) is 19.5. The number of piperidine rings is 1. The van der Waals surface area contributed by atoms with Crippen LogP contribution in [0.1, 0.15) is 19.8 Å². The molecule has 0 atom stereocenters. The van der Waals surface area contributed by atoms with E-state index >= 15 is 0 Å². The van der Waals surface area contributed by atoms with Crippen molar-refractivity contribution in [3.63, 3.8) is 0 Å². The van der Waals surface area contributed by atoms with Crippen LogP contribution < -0.4 is 9.80 Å². The Morgan fingerprint density at radius 3 is 2.48 bits per heavy atom. The van der Waals surface area contributed by atoms with E-state index in [0.717, 1.165) is 81.5 Å². The molecule has 8 heteroatoms. The molecule has 0 radical (unpaired) electrons. The highest BCUT2D eigenvalue weighted by atomic mass is 35.5. The molecular weight excluding hydrogens is 430 g/mol. The molecule has 166 valence electrons. The van der Waals surface area contributed by atoms with Crippen molar-refractivity contribution < 1.29 is 5.11 Å². The first-order valence-electron chi connectivity index (χ1n) is 11.0. The maximum atomic E-state index is 9.74. The fourth-order valence-electron chi connectivity index (χ4n) is 4.42. The van der Waals surface area contributed by atoms with Crippen LogP contribution in [0, 0.1) is 0 Å². The fourth-order valence-corrected chi connectivity index (χ4v) is 5.31. The number of rotatable bonds is 4. The van der Waals surface area contributed by atoms with Crippen LogP contribution in [0.4, 0.5) is 11.6 Å². The van der Waals surface area contributed by atoms with E-state index in [0.29, 0.717) is 0 Å². The van der Waals surface area contributed by atoms with E-state index < -0.39 is 0 Å². The summed E-state index contributed by atoms with van der Waals surface area (Å²) in [5.41, 5.74) is 2.04. The topological polar surface area (TPSA) is 55.7 Å². The van der Waals surface area contributed by atoms with Gasteiger partial charge in [0.05, 0.1) is 16.5 Å². The number of nitrogens with zero attached hydrogens (tertiary/aromatic N) is 5. The summed E-state index contributed by atoms with van der Waals surface area (Å²) in [7, 11) is 0. The highest BCUT2D eigenvalue weighted by molar-refractivity contribution is 7.17. The largest absolute Gasteiger partial charge is 0.393 e. The van der Waals surface area contributed by atoms with Crippen molar-refractivity contribution in [1.29, 1.82) is 0 Å².